The monoisotopic (exact) mass is 449 g/mol. The highest BCUT2D eigenvalue weighted by Crippen LogP contribution is 2.26. The van der Waals surface area contributed by atoms with Crippen LogP contribution in [0.15, 0.2) is 60.0 Å². The summed E-state index contributed by atoms with van der Waals surface area (Å²) < 4.78 is 5.79. The molecule has 2 aromatic carbocycles. The Bertz CT molecular complexity index is 1030. The van der Waals surface area contributed by atoms with Gasteiger partial charge in [0.05, 0.1) is 12.1 Å². The van der Waals surface area contributed by atoms with E-state index < -0.39 is 0 Å². The van der Waals surface area contributed by atoms with Gasteiger partial charge in [0.25, 0.3) is 0 Å². The van der Waals surface area contributed by atoms with E-state index in [1.165, 1.54) is 11.3 Å². The number of thiazole rings is 1. The van der Waals surface area contributed by atoms with Crippen LogP contribution in [0, 0.1) is 5.92 Å². The predicted octanol–water partition coefficient (Wildman–Crippen LogP) is 4.71. The summed E-state index contributed by atoms with van der Waals surface area (Å²) >= 11 is 1.36. The second-order valence-electron chi connectivity index (χ2n) is 7.99. The SMILES string of the molecule is O=C(Cc1csc(NC(=O)C2CCCC2)n1)NCc1ccc(OCc2ccccc2)cc1. The van der Waals surface area contributed by atoms with Gasteiger partial charge in [-0.2, -0.15) is 0 Å². The molecule has 1 aliphatic carbocycles. The molecule has 0 saturated heterocycles. The lowest BCUT2D eigenvalue weighted by atomic mass is 10.1. The Labute approximate surface area is 192 Å². The molecule has 1 aliphatic rings. The number of carbonyl (C=O) groups excluding carboxylic acids is 2. The molecular weight excluding hydrogens is 422 g/mol. The van der Waals surface area contributed by atoms with Gasteiger partial charge in [-0.25, -0.2) is 4.98 Å². The zero-order valence-electron chi connectivity index (χ0n) is 17.9. The predicted molar refractivity (Wildman–Crippen MR) is 125 cm³/mol. The molecule has 0 atom stereocenters. The minimum atomic E-state index is -0.103. The van der Waals surface area contributed by atoms with Gasteiger partial charge in [-0.3, -0.25) is 9.59 Å². The molecule has 2 N–H and O–H groups in total. The first-order valence-corrected chi connectivity index (χ1v) is 11.8. The third kappa shape index (κ3) is 6.40. The highest BCUT2D eigenvalue weighted by Gasteiger charge is 2.23. The number of nitrogens with one attached hydrogen (secondary N) is 2. The molecule has 0 unspecified atom stereocenters. The summed E-state index contributed by atoms with van der Waals surface area (Å²) in [4.78, 5) is 28.9. The maximum Gasteiger partial charge on any atom is 0.229 e. The minimum Gasteiger partial charge on any atom is -0.489 e. The van der Waals surface area contributed by atoms with Crippen LogP contribution in [0.4, 0.5) is 5.13 Å². The van der Waals surface area contributed by atoms with E-state index in [2.05, 4.69) is 15.6 Å². The van der Waals surface area contributed by atoms with Gasteiger partial charge in [-0.1, -0.05) is 55.3 Å². The number of nitrogens with zero attached hydrogens (tertiary/aromatic N) is 1. The van der Waals surface area contributed by atoms with Gasteiger partial charge in [0.2, 0.25) is 11.8 Å². The third-order valence-electron chi connectivity index (χ3n) is 5.51. The summed E-state index contributed by atoms with van der Waals surface area (Å²) in [6.07, 6.45) is 4.32. The summed E-state index contributed by atoms with van der Waals surface area (Å²) in [6.45, 7) is 0.959. The van der Waals surface area contributed by atoms with Crippen LogP contribution in [0.1, 0.15) is 42.5 Å². The van der Waals surface area contributed by atoms with Crippen LogP contribution in [0.3, 0.4) is 0 Å². The van der Waals surface area contributed by atoms with E-state index in [4.69, 9.17) is 4.74 Å². The fourth-order valence-corrected chi connectivity index (χ4v) is 4.43. The first-order valence-electron chi connectivity index (χ1n) is 10.9. The molecule has 1 fully saturated rings. The number of carbonyl (C=O) groups is 2. The largest absolute Gasteiger partial charge is 0.489 e. The summed E-state index contributed by atoms with van der Waals surface area (Å²) in [6, 6.07) is 17.7. The van der Waals surface area contributed by atoms with Gasteiger partial charge >= 0.3 is 0 Å². The molecule has 1 aromatic heterocycles. The number of benzene rings is 2. The van der Waals surface area contributed by atoms with Crippen LogP contribution < -0.4 is 15.4 Å². The van der Waals surface area contributed by atoms with Gasteiger partial charge in [-0.05, 0) is 36.1 Å². The molecule has 0 radical (unpaired) electrons. The van der Waals surface area contributed by atoms with Crippen molar-refractivity contribution in [2.45, 2.75) is 45.3 Å². The van der Waals surface area contributed by atoms with Crippen LogP contribution in [-0.4, -0.2) is 16.8 Å². The summed E-state index contributed by atoms with van der Waals surface area (Å²) in [5.74, 6) is 0.830. The van der Waals surface area contributed by atoms with E-state index in [0.29, 0.717) is 24.0 Å². The van der Waals surface area contributed by atoms with Crippen LogP contribution in [0.5, 0.6) is 5.75 Å². The van der Waals surface area contributed by atoms with Crippen LogP contribution in [0.25, 0.3) is 0 Å². The van der Waals surface area contributed by atoms with Gasteiger partial charge in [0.15, 0.2) is 5.13 Å². The molecule has 4 rings (SSSR count). The summed E-state index contributed by atoms with van der Waals surface area (Å²) in [7, 11) is 0. The van der Waals surface area contributed by atoms with E-state index in [1.54, 1.807) is 0 Å². The Kier molecular flexibility index (Phi) is 7.51. The van der Waals surface area contributed by atoms with Crippen molar-refractivity contribution in [3.05, 3.63) is 76.8 Å². The van der Waals surface area contributed by atoms with E-state index in [0.717, 1.165) is 42.6 Å². The molecule has 6 nitrogen and oxygen atoms in total. The zero-order valence-corrected chi connectivity index (χ0v) is 18.7. The lowest BCUT2D eigenvalue weighted by Gasteiger charge is -2.08. The molecule has 0 spiro atoms. The van der Waals surface area contributed by atoms with Crippen molar-refractivity contribution in [1.29, 1.82) is 0 Å². The smallest absolute Gasteiger partial charge is 0.229 e. The van der Waals surface area contributed by atoms with Gasteiger partial charge in [-0.15, -0.1) is 11.3 Å². The number of aromatic nitrogens is 1. The lowest BCUT2D eigenvalue weighted by molar-refractivity contribution is -0.121. The van der Waals surface area contributed by atoms with Crippen LogP contribution in [0.2, 0.25) is 0 Å². The second-order valence-corrected chi connectivity index (χ2v) is 8.84. The number of rotatable bonds is 9. The molecule has 32 heavy (non-hydrogen) atoms. The fourth-order valence-electron chi connectivity index (χ4n) is 3.71. The Balaban J connectivity index is 1.19. The highest BCUT2D eigenvalue weighted by molar-refractivity contribution is 7.13. The Morgan fingerprint density at radius 1 is 1.00 bits per heavy atom. The minimum absolute atomic E-state index is 0.0454. The van der Waals surface area contributed by atoms with E-state index >= 15 is 0 Å². The van der Waals surface area contributed by atoms with Crippen molar-refractivity contribution in [3.63, 3.8) is 0 Å². The van der Waals surface area contributed by atoms with Gasteiger partial charge in [0.1, 0.15) is 12.4 Å². The van der Waals surface area contributed by atoms with Crippen molar-refractivity contribution in [1.82, 2.24) is 10.3 Å². The quantitative estimate of drug-likeness (QED) is 0.496. The number of amides is 2. The van der Waals surface area contributed by atoms with Gasteiger partial charge in [0, 0.05) is 17.8 Å². The second kappa shape index (κ2) is 10.9. The normalized spacial score (nSPS) is 13.6. The van der Waals surface area contributed by atoms with Crippen LogP contribution in [-0.2, 0) is 29.2 Å². The first-order chi connectivity index (χ1) is 15.7. The molecule has 166 valence electrons. The number of hydrogen-bond donors (Lipinski definition) is 2. The average Bonchev–Trinajstić information content (AvgIpc) is 3.50. The molecule has 7 heteroatoms. The number of hydrogen-bond acceptors (Lipinski definition) is 5. The topological polar surface area (TPSA) is 80.3 Å². The molecule has 1 heterocycles. The van der Waals surface area contributed by atoms with E-state index in [9.17, 15) is 9.59 Å². The maximum absolute atomic E-state index is 12.3. The number of ether oxygens (including phenoxy) is 1. The summed E-state index contributed by atoms with van der Waals surface area (Å²) in [5.41, 5.74) is 2.78. The molecule has 2 amide bonds. The van der Waals surface area contributed by atoms with E-state index in [1.807, 2.05) is 60.0 Å². The van der Waals surface area contributed by atoms with Crippen molar-refractivity contribution >= 4 is 28.3 Å². The Hall–Kier alpha value is -3.19. The Morgan fingerprint density at radius 3 is 2.50 bits per heavy atom. The number of anilines is 1. The zero-order chi connectivity index (χ0) is 22.2. The highest BCUT2D eigenvalue weighted by atomic mass is 32.1. The molecule has 0 bridgehead atoms. The molecular formula is C25H27N3O3S. The maximum atomic E-state index is 12.3. The fraction of sp³-hybridized carbons (Fsp3) is 0.320. The standard InChI is InChI=1S/C25H27N3O3S/c29-23(14-21-17-32-25(27-21)28-24(30)20-8-4-5-9-20)26-15-18-10-12-22(13-11-18)31-16-19-6-2-1-3-7-19/h1-3,6-7,10-13,17,20H,4-5,8-9,14-16H2,(H,26,29)(H,27,28,30). The van der Waals surface area contributed by atoms with Crippen molar-refractivity contribution in [2.75, 3.05) is 5.32 Å². The van der Waals surface area contributed by atoms with Gasteiger partial charge < -0.3 is 15.4 Å². The van der Waals surface area contributed by atoms with Crippen LogP contribution >= 0.6 is 11.3 Å². The molecule has 0 aliphatic heterocycles. The van der Waals surface area contributed by atoms with Crippen molar-refractivity contribution in [3.8, 4) is 5.75 Å². The average molecular weight is 450 g/mol. The lowest BCUT2D eigenvalue weighted by Crippen LogP contribution is -2.24. The first kappa shape index (κ1) is 22.0. The summed E-state index contributed by atoms with van der Waals surface area (Å²) in [5, 5.41) is 8.19. The van der Waals surface area contributed by atoms with Crippen molar-refractivity contribution in [2.24, 2.45) is 5.92 Å². The van der Waals surface area contributed by atoms with Crippen molar-refractivity contribution < 1.29 is 14.3 Å². The van der Waals surface area contributed by atoms with E-state index in [-0.39, 0.29) is 24.2 Å². The Morgan fingerprint density at radius 2 is 1.75 bits per heavy atom. The third-order valence-corrected chi connectivity index (χ3v) is 6.32. The molecule has 1 saturated carbocycles. The molecule has 3 aromatic rings.